The summed E-state index contributed by atoms with van der Waals surface area (Å²) in [7, 11) is 0. The Balaban J connectivity index is 1.66. The third kappa shape index (κ3) is 4.31. The number of carbonyl (C=O) groups excluding carboxylic acids is 1. The molecule has 134 valence electrons. The highest BCUT2D eigenvalue weighted by atomic mass is 35.5. The fourth-order valence-electron chi connectivity index (χ4n) is 3.54. The summed E-state index contributed by atoms with van der Waals surface area (Å²) in [5.41, 5.74) is 2.99. The van der Waals surface area contributed by atoms with Gasteiger partial charge in [0.05, 0.1) is 6.20 Å². The van der Waals surface area contributed by atoms with Crippen LogP contribution < -0.4 is 0 Å². The van der Waals surface area contributed by atoms with Crippen LogP contribution in [0.25, 0.3) is 0 Å². The third-order valence-corrected chi connectivity index (χ3v) is 5.16. The van der Waals surface area contributed by atoms with Gasteiger partial charge in [0.1, 0.15) is 0 Å². The van der Waals surface area contributed by atoms with Gasteiger partial charge >= 0.3 is 0 Å². The molecule has 1 saturated heterocycles. The molecule has 0 bridgehead atoms. The first-order valence-corrected chi connectivity index (χ1v) is 9.37. The minimum atomic E-state index is 0.0637. The van der Waals surface area contributed by atoms with Gasteiger partial charge < -0.3 is 0 Å². The van der Waals surface area contributed by atoms with Crippen LogP contribution in [0.5, 0.6) is 0 Å². The lowest BCUT2D eigenvalue weighted by Crippen LogP contribution is -2.38. The highest BCUT2D eigenvalue weighted by Gasteiger charge is 2.27. The molecule has 4 nitrogen and oxygen atoms in total. The highest BCUT2D eigenvalue weighted by molar-refractivity contribution is 6.30. The van der Waals surface area contributed by atoms with E-state index in [0.717, 1.165) is 43.6 Å². The Morgan fingerprint density at radius 1 is 1.40 bits per heavy atom. The summed E-state index contributed by atoms with van der Waals surface area (Å²) in [4.78, 5) is 15.3. The molecule has 1 aliphatic heterocycles. The predicted molar refractivity (Wildman–Crippen MR) is 101 cm³/mol. The van der Waals surface area contributed by atoms with E-state index in [1.807, 2.05) is 36.0 Å². The van der Waals surface area contributed by atoms with Gasteiger partial charge in [0.15, 0.2) is 5.78 Å². The molecule has 0 unspecified atom stereocenters. The maximum Gasteiger partial charge on any atom is 0.167 e. The first-order chi connectivity index (χ1) is 11.9. The fraction of sp³-hybridized carbons (Fsp3) is 0.500. The summed E-state index contributed by atoms with van der Waals surface area (Å²) >= 11 is 6.02. The van der Waals surface area contributed by atoms with Gasteiger partial charge in [-0.25, -0.2) is 0 Å². The van der Waals surface area contributed by atoms with Gasteiger partial charge in [-0.15, -0.1) is 0 Å². The van der Waals surface area contributed by atoms with Gasteiger partial charge in [0.25, 0.3) is 0 Å². The Hall–Kier alpha value is -1.65. The van der Waals surface area contributed by atoms with Crippen molar-refractivity contribution in [3.8, 4) is 0 Å². The number of aromatic nitrogens is 2. The number of hydrogen-bond donors (Lipinski definition) is 0. The number of piperidine rings is 1. The SMILES string of the molecule is Cc1cc(Cl)ccc1C(=O)[C@H]1CCCN(Cc2cnn(C(C)C)c2)C1. The number of hydrogen-bond acceptors (Lipinski definition) is 3. The molecule has 1 aliphatic rings. The molecule has 1 aromatic carbocycles. The van der Waals surface area contributed by atoms with Gasteiger partial charge in [-0.3, -0.25) is 14.4 Å². The molecular formula is C20H26ClN3O. The summed E-state index contributed by atoms with van der Waals surface area (Å²) in [6.07, 6.45) is 6.07. The lowest BCUT2D eigenvalue weighted by Gasteiger charge is -2.32. The Labute approximate surface area is 154 Å². The van der Waals surface area contributed by atoms with E-state index in [1.54, 1.807) is 0 Å². The smallest absolute Gasteiger partial charge is 0.167 e. The van der Waals surface area contributed by atoms with Crippen molar-refractivity contribution >= 4 is 17.4 Å². The van der Waals surface area contributed by atoms with Gasteiger partial charge in [-0.2, -0.15) is 5.10 Å². The van der Waals surface area contributed by atoms with Crippen molar-refractivity contribution in [1.82, 2.24) is 14.7 Å². The number of Topliss-reactive ketones (excluding diaryl/α,β-unsaturated/α-hetero) is 1. The van der Waals surface area contributed by atoms with E-state index in [0.29, 0.717) is 11.1 Å². The largest absolute Gasteiger partial charge is 0.298 e. The zero-order valence-electron chi connectivity index (χ0n) is 15.2. The van der Waals surface area contributed by atoms with E-state index in [-0.39, 0.29) is 11.7 Å². The topological polar surface area (TPSA) is 38.1 Å². The molecule has 3 rings (SSSR count). The van der Waals surface area contributed by atoms with E-state index in [4.69, 9.17) is 11.6 Å². The number of nitrogens with zero attached hydrogens (tertiary/aromatic N) is 3. The van der Waals surface area contributed by atoms with Gasteiger partial charge in [-0.1, -0.05) is 11.6 Å². The van der Waals surface area contributed by atoms with Crippen LogP contribution in [0.2, 0.25) is 5.02 Å². The number of carbonyl (C=O) groups is 1. The maximum absolute atomic E-state index is 12.9. The van der Waals surface area contributed by atoms with E-state index >= 15 is 0 Å². The molecule has 5 heteroatoms. The zero-order chi connectivity index (χ0) is 18.0. The van der Waals surface area contributed by atoms with Gasteiger partial charge in [0.2, 0.25) is 0 Å². The standard InChI is InChI=1S/C20H26ClN3O/c1-14(2)24-12-16(10-22-24)11-23-8-4-5-17(13-23)20(25)19-7-6-18(21)9-15(19)3/h6-7,9-10,12,14,17H,4-5,8,11,13H2,1-3H3/t17-/m0/s1. The van der Waals surface area contributed by atoms with Crippen molar-refractivity contribution in [2.75, 3.05) is 13.1 Å². The second kappa shape index (κ2) is 7.71. The summed E-state index contributed by atoms with van der Waals surface area (Å²) in [6.45, 7) is 8.92. The Bertz CT molecular complexity index is 753. The average Bonchev–Trinajstić information content (AvgIpc) is 3.03. The van der Waals surface area contributed by atoms with Crippen molar-refractivity contribution in [2.24, 2.45) is 5.92 Å². The summed E-state index contributed by atoms with van der Waals surface area (Å²) < 4.78 is 1.99. The molecule has 0 amide bonds. The molecule has 1 aromatic heterocycles. The lowest BCUT2D eigenvalue weighted by atomic mass is 9.88. The van der Waals surface area contributed by atoms with Crippen molar-refractivity contribution in [1.29, 1.82) is 0 Å². The zero-order valence-corrected chi connectivity index (χ0v) is 16.0. The maximum atomic E-state index is 12.9. The Morgan fingerprint density at radius 2 is 2.20 bits per heavy atom. The molecule has 1 atom stereocenters. The molecule has 25 heavy (non-hydrogen) atoms. The Kier molecular flexibility index (Phi) is 5.60. The van der Waals surface area contributed by atoms with E-state index in [2.05, 4.69) is 30.0 Å². The van der Waals surface area contributed by atoms with Crippen molar-refractivity contribution in [3.63, 3.8) is 0 Å². The number of rotatable bonds is 5. The monoisotopic (exact) mass is 359 g/mol. The molecular weight excluding hydrogens is 334 g/mol. The highest BCUT2D eigenvalue weighted by Crippen LogP contribution is 2.25. The molecule has 1 fully saturated rings. The van der Waals surface area contributed by atoms with Gasteiger partial charge in [-0.05, 0) is 63.9 Å². The number of halogens is 1. The molecule has 2 aromatic rings. The minimum absolute atomic E-state index is 0.0637. The first kappa shape index (κ1) is 18.2. The molecule has 2 heterocycles. The summed E-state index contributed by atoms with van der Waals surface area (Å²) in [5, 5.41) is 5.10. The van der Waals surface area contributed by atoms with Crippen LogP contribution in [0, 0.1) is 12.8 Å². The Morgan fingerprint density at radius 3 is 2.88 bits per heavy atom. The van der Waals surface area contributed by atoms with E-state index < -0.39 is 0 Å². The quantitative estimate of drug-likeness (QED) is 0.736. The van der Waals surface area contributed by atoms with E-state index in [1.165, 1.54) is 5.56 Å². The molecule has 0 aliphatic carbocycles. The fourth-order valence-corrected chi connectivity index (χ4v) is 3.76. The van der Waals surface area contributed by atoms with Crippen LogP contribution in [-0.2, 0) is 6.54 Å². The van der Waals surface area contributed by atoms with Crippen molar-refractivity contribution < 1.29 is 4.79 Å². The minimum Gasteiger partial charge on any atom is -0.298 e. The molecule has 0 N–H and O–H groups in total. The first-order valence-electron chi connectivity index (χ1n) is 9.00. The van der Waals surface area contributed by atoms with Crippen LogP contribution in [-0.4, -0.2) is 33.6 Å². The molecule has 0 saturated carbocycles. The second-order valence-corrected chi connectivity index (χ2v) is 7.76. The second-order valence-electron chi connectivity index (χ2n) is 7.32. The van der Waals surface area contributed by atoms with E-state index in [9.17, 15) is 4.79 Å². The predicted octanol–water partition coefficient (Wildman–Crippen LogP) is 4.52. The number of ketones is 1. The average molecular weight is 360 g/mol. The summed E-state index contributed by atoms with van der Waals surface area (Å²) in [5.74, 6) is 0.311. The van der Waals surface area contributed by atoms with Gasteiger partial charge in [0, 0.05) is 47.4 Å². The summed E-state index contributed by atoms with van der Waals surface area (Å²) in [6, 6.07) is 5.92. The number of benzene rings is 1. The van der Waals surface area contributed by atoms with Crippen LogP contribution in [0.15, 0.2) is 30.6 Å². The van der Waals surface area contributed by atoms with Crippen LogP contribution in [0.3, 0.4) is 0 Å². The lowest BCUT2D eigenvalue weighted by molar-refractivity contribution is 0.0811. The van der Waals surface area contributed by atoms with Crippen LogP contribution in [0.1, 0.15) is 54.2 Å². The van der Waals surface area contributed by atoms with Crippen LogP contribution >= 0.6 is 11.6 Å². The molecule has 0 spiro atoms. The van der Waals surface area contributed by atoms with Crippen LogP contribution in [0.4, 0.5) is 0 Å². The number of aryl methyl sites for hydroxylation is 1. The van der Waals surface area contributed by atoms with Crippen molar-refractivity contribution in [3.05, 3.63) is 52.3 Å². The van der Waals surface area contributed by atoms with Crippen molar-refractivity contribution in [2.45, 2.75) is 46.2 Å². The number of likely N-dealkylation sites (tertiary alicyclic amines) is 1. The third-order valence-electron chi connectivity index (χ3n) is 4.92. The normalized spacial score (nSPS) is 18.7. The molecule has 0 radical (unpaired) electrons.